The number of rotatable bonds is 6. The van der Waals surface area contributed by atoms with Crippen molar-refractivity contribution in [3.05, 3.63) is 53.6 Å². The molecule has 0 radical (unpaired) electrons. The number of carbonyl (C=O) groups is 2. The number of halogens is 1. The minimum Gasteiger partial charge on any atom is -0.338 e. The lowest BCUT2D eigenvalue weighted by Crippen LogP contribution is -2.60. The van der Waals surface area contributed by atoms with Crippen LogP contribution in [0.4, 0.5) is 4.39 Å². The zero-order chi connectivity index (χ0) is 21.9. The van der Waals surface area contributed by atoms with Gasteiger partial charge in [-0.25, -0.2) is 4.39 Å². The van der Waals surface area contributed by atoms with Crippen molar-refractivity contribution in [3.8, 4) is 0 Å². The monoisotopic (exact) mass is 401 g/mol. The molecular weight excluding hydrogens is 369 g/mol. The molecule has 6 heteroatoms. The first-order valence-electron chi connectivity index (χ1n) is 10.0. The Hall–Kier alpha value is -2.47. The standard InChI is InChI=1S/C23H32FN3O2/c1-7-15(2)21(18-8-10-19(24)11-9-18)22(16(3)28)26-12-13-27(20(29)14-25)23(5,6)17(26)4/h8-11,15H,4,7,12-14,25H2,1-3,5-6H3/b22-21+. The summed E-state index contributed by atoms with van der Waals surface area (Å²) in [7, 11) is 0. The number of piperazine rings is 1. The number of amides is 1. The minimum absolute atomic E-state index is 0.0696. The molecule has 158 valence electrons. The summed E-state index contributed by atoms with van der Waals surface area (Å²) in [5.74, 6) is -0.468. The van der Waals surface area contributed by atoms with Crippen molar-refractivity contribution < 1.29 is 14.0 Å². The van der Waals surface area contributed by atoms with Gasteiger partial charge in [-0.15, -0.1) is 0 Å². The largest absolute Gasteiger partial charge is 0.338 e. The molecule has 2 N–H and O–H groups in total. The fourth-order valence-electron chi connectivity index (χ4n) is 3.91. The number of allylic oxidation sites excluding steroid dienone is 2. The summed E-state index contributed by atoms with van der Waals surface area (Å²) in [6, 6.07) is 6.24. The van der Waals surface area contributed by atoms with Gasteiger partial charge in [-0.05, 0) is 49.5 Å². The second-order valence-corrected chi connectivity index (χ2v) is 8.04. The molecule has 1 atom stereocenters. The van der Waals surface area contributed by atoms with Gasteiger partial charge in [0.05, 0.1) is 17.8 Å². The van der Waals surface area contributed by atoms with Gasteiger partial charge >= 0.3 is 0 Å². The Morgan fingerprint density at radius 3 is 2.31 bits per heavy atom. The highest BCUT2D eigenvalue weighted by Gasteiger charge is 2.41. The zero-order valence-electron chi connectivity index (χ0n) is 18.1. The van der Waals surface area contributed by atoms with E-state index in [1.807, 2.05) is 18.7 Å². The number of hydrogen-bond donors (Lipinski definition) is 1. The smallest absolute Gasteiger partial charge is 0.237 e. The van der Waals surface area contributed by atoms with Crippen molar-refractivity contribution in [1.82, 2.24) is 9.80 Å². The number of nitrogens with two attached hydrogens (primary N) is 1. The fraction of sp³-hybridized carbons (Fsp3) is 0.478. The van der Waals surface area contributed by atoms with E-state index in [1.165, 1.54) is 12.1 Å². The molecule has 0 bridgehead atoms. The van der Waals surface area contributed by atoms with Crippen molar-refractivity contribution in [2.75, 3.05) is 19.6 Å². The molecule has 1 amide bonds. The number of hydrogen-bond acceptors (Lipinski definition) is 4. The lowest BCUT2D eigenvalue weighted by Gasteiger charge is -2.50. The van der Waals surface area contributed by atoms with Crippen molar-refractivity contribution in [2.45, 2.75) is 46.6 Å². The maximum Gasteiger partial charge on any atom is 0.237 e. The number of ketones is 1. The van der Waals surface area contributed by atoms with E-state index in [0.29, 0.717) is 24.5 Å². The molecule has 0 saturated carbocycles. The predicted octanol–water partition coefficient (Wildman–Crippen LogP) is 3.57. The van der Waals surface area contributed by atoms with Crippen LogP contribution in [0.25, 0.3) is 5.57 Å². The van der Waals surface area contributed by atoms with E-state index in [-0.39, 0.29) is 30.0 Å². The van der Waals surface area contributed by atoms with Crippen LogP contribution in [0.15, 0.2) is 42.2 Å². The molecule has 1 fully saturated rings. The molecule has 1 aromatic rings. The van der Waals surface area contributed by atoms with Crippen molar-refractivity contribution >= 4 is 17.3 Å². The van der Waals surface area contributed by atoms with Crippen LogP contribution in [0.2, 0.25) is 0 Å². The zero-order valence-corrected chi connectivity index (χ0v) is 18.1. The molecule has 2 rings (SSSR count). The number of benzene rings is 1. The first-order chi connectivity index (χ1) is 13.6. The first-order valence-corrected chi connectivity index (χ1v) is 10.0. The summed E-state index contributed by atoms with van der Waals surface area (Å²) in [5, 5.41) is 0. The summed E-state index contributed by atoms with van der Waals surface area (Å²) < 4.78 is 13.5. The van der Waals surface area contributed by atoms with E-state index in [9.17, 15) is 14.0 Å². The third-order valence-corrected chi connectivity index (χ3v) is 5.85. The molecule has 1 aliphatic rings. The minimum atomic E-state index is -0.682. The van der Waals surface area contributed by atoms with Crippen LogP contribution >= 0.6 is 0 Å². The van der Waals surface area contributed by atoms with Crippen LogP contribution in [0.1, 0.15) is 46.6 Å². The van der Waals surface area contributed by atoms with Gasteiger partial charge in [0.15, 0.2) is 5.78 Å². The van der Waals surface area contributed by atoms with Crippen molar-refractivity contribution in [2.24, 2.45) is 11.7 Å². The first kappa shape index (κ1) is 22.8. The summed E-state index contributed by atoms with van der Waals surface area (Å²) in [6.07, 6.45) is 0.824. The molecule has 1 aromatic carbocycles. The van der Waals surface area contributed by atoms with Gasteiger partial charge in [0.1, 0.15) is 5.82 Å². The van der Waals surface area contributed by atoms with Gasteiger partial charge in [-0.2, -0.15) is 0 Å². The second kappa shape index (κ2) is 8.91. The normalized spacial score (nSPS) is 18.4. The van der Waals surface area contributed by atoms with Gasteiger partial charge in [-0.1, -0.05) is 32.6 Å². The Kier molecular flexibility index (Phi) is 7.01. The number of nitrogens with zero attached hydrogens (tertiary/aromatic N) is 2. The van der Waals surface area contributed by atoms with Gasteiger partial charge in [0.25, 0.3) is 0 Å². The highest BCUT2D eigenvalue weighted by Crippen LogP contribution is 2.38. The van der Waals surface area contributed by atoms with E-state index < -0.39 is 5.54 Å². The summed E-state index contributed by atoms with van der Waals surface area (Å²) in [6.45, 7) is 14.5. The molecular formula is C23H32FN3O2. The van der Waals surface area contributed by atoms with Gasteiger partial charge in [-0.3, -0.25) is 9.59 Å². The average molecular weight is 402 g/mol. The lowest BCUT2D eigenvalue weighted by atomic mass is 9.86. The van der Waals surface area contributed by atoms with E-state index in [2.05, 4.69) is 20.4 Å². The van der Waals surface area contributed by atoms with E-state index in [0.717, 1.165) is 17.6 Å². The SMILES string of the molecule is C=C1N(/C(C(C)=O)=C(/c2ccc(F)cc2)C(C)CC)CCN(C(=O)CN)C1(C)C. The highest BCUT2D eigenvalue weighted by molar-refractivity contribution is 6.01. The Morgan fingerprint density at radius 1 is 1.24 bits per heavy atom. The predicted molar refractivity (Wildman–Crippen MR) is 114 cm³/mol. The molecule has 1 saturated heterocycles. The van der Waals surface area contributed by atoms with Gasteiger partial charge in [0.2, 0.25) is 5.91 Å². The van der Waals surface area contributed by atoms with Crippen LogP contribution in [-0.4, -0.2) is 46.7 Å². The summed E-state index contributed by atoms with van der Waals surface area (Å²) >= 11 is 0. The number of Topliss-reactive ketones (excluding diaryl/α,β-unsaturated/α-hetero) is 1. The lowest BCUT2D eigenvalue weighted by molar-refractivity contribution is -0.136. The average Bonchev–Trinajstić information content (AvgIpc) is 2.68. The molecule has 1 heterocycles. The van der Waals surface area contributed by atoms with Gasteiger partial charge in [0, 0.05) is 25.7 Å². The molecule has 0 aromatic heterocycles. The molecule has 5 nitrogen and oxygen atoms in total. The van der Waals surface area contributed by atoms with Gasteiger partial charge < -0.3 is 15.5 Å². The third-order valence-electron chi connectivity index (χ3n) is 5.85. The maximum absolute atomic E-state index is 13.5. The Bertz CT molecular complexity index is 827. The topological polar surface area (TPSA) is 66.6 Å². The quantitative estimate of drug-likeness (QED) is 0.740. The van der Waals surface area contributed by atoms with Crippen LogP contribution in [-0.2, 0) is 9.59 Å². The van der Waals surface area contributed by atoms with Crippen LogP contribution in [0, 0.1) is 11.7 Å². The molecule has 0 aliphatic carbocycles. The Labute approximate surface area is 173 Å². The molecule has 0 spiro atoms. The van der Waals surface area contributed by atoms with Crippen LogP contribution < -0.4 is 5.73 Å². The van der Waals surface area contributed by atoms with E-state index in [1.54, 1.807) is 24.0 Å². The second-order valence-electron chi connectivity index (χ2n) is 8.04. The van der Waals surface area contributed by atoms with E-state index in [4.69, 9.17) is 5.73 Å². The van der Waals surface area contributed by atoms with Crippen molar-refractivity contribution in [1.29, 1.82) is 0 Å². The maximum atomic E-state index is 13.5. The fourth-order valence-corrected chi connectivity index (χ4v) is 3.91. The Balaban J connectivity index is 2.64. The van der Waals surface area contributed by atoms with Crippen LogP contribution in [0.3, 0.4) is 0 Å². The third kappa shape index (κ3) is 4.42. The molecule has 1 unspecified atom stereocenters. The highest BCUT2D eigenvalue weighted by atomic mass is 19.1. The Morgan fingerprint density at radius 2 is 1.83 bits per heavy atom. The number of carbonyl (C=O) groups excluding carboxylic acids is 2. The summed E-state index contributed by atoms with van der Waals surface area (Å²) in [4.78, 5) is 28.8. The van der Waals surface area contributed by atoms with Crippen LogP contribution in [0.5, 0.6) is 0 Å². The molecule has 29 heavy (non-hydrogen) atoms. The summed E-state index contributed by atoms with van der Waals surface area (Å²) in [5.41, 5.74) is 7.81. The molecule has 1 aliphatic heterocycles. The van der Waals surface area contributed by atoms with Crippen molar-refractivity contribution in [3.63, 3.8) is 0 Å². The van der Waals surface area contributed by atoms with E-state index >= 15 is 0 Å².